The Balaban J connectivity index is 1.89. The van der Waals surface area contributed by atoms with E-state index in [0.29, 0.717) is 18.8 Å². The summed E-state index contributed by atoms with van der Waals surface area (Å²) in [5, 5.41) is 16.3. The first kappa shape index (κ1) is 14.4. The lowest BCUT2D eigenvalue weighted by molar-refractivity contribution is -0.148. The van der Waals surface area contributed by atoms with Crippen LogP contribution in [0, 0.1) is 0 Å². The second-order valence-corrected chi connectivity index (χ2v) is 4.54. The summed E-state index contributed by atoms with van der Waals surface area (Å²) in [5.41, 5.74) is 6.03. The molecule has 2 heterocycles. The Bertz CT molecular complexity index is 489. The lowest BCUT2D eigenvalue weighted by Crippen LogP contribution is -2.47. The smallest absolute Gasteiger partial charge is 0.306 e. The molecular weight excluding hydrogens is 266 g/mol. The quantitative estimate of drug-likeness (QED) is 0.669. The number of nitrogens with two attached hydrogens (primary N) is 1. The second kappa shape index (κ2) is 6.44. The molecule has 20 heavy (non-hydrogen) atoms. The van der Waals surface area contributed by atoms with Gasteiger partial charge in [-0.3, -0.25) is 9.59 Å². The van der Waals surface area contributed by atoms with Crippen LogP contribution in [0.2, 0.25) is 0 Å². The molecule has 1 aromatic heterocycles. The summed E-state index contributed by atoms with van der Waals surface area (Å²) >= 11 is 0. The van der Waals surface area contributed by atoms with E-state index in [2.05, 4.69) is 10.3 Å². The molecule has 0 aliphatic carbocycles. The number of nitrogens with zero attached hydrogens (tertiary/aromatic N) is 4. The number of hydrogen-bond donors (Lipinski definition) is 2. The van der Waals surface area contributed by atoms with Crippen LogP contribution in [-0.2, 0) is 27.4 Å². The molecule has 3 N–H and O–H groups in total. The summed E-state index contributed by atoms with van der Waals surface area (Å²) in [6.45, 7) is 1.41. The van der Waals surface area contributed by atoms with Crippen LogP contribution in [0.4, 0.5) is 0 Å². The zero-order valence-corrected chi connectivity index (χ0v) is 10.9. The molecule has 1 saturated heterocycles. The van der Waals surface area contributed by atoms with Gasteiger partial charge in [-0.2, -0.15) is 0 Å². The Kier molecular flexibility index (Phi) is 4.64. The molecule has 1 aliphatic rings. The molecule has 1 aromatic rings. The van der Waals surface area contributed by atoms with E-state index in [1.165, 1.54) is 4.68 Å². The number of hydrogen-bond acceptors (Lipinski definition) is 6. The molecule has 0 radical (unpaired) electrons. The standard InChI is InChI=1S/C11H17N5O4/c12-4-8-5-16(14-13-8)7-10(17)15-1-2-20-9(6-15)3-11(18)19/h5,9H,1-4,6-7,12H2,(H,18,19). The molecule has 110 valence electrons. The molecule has 1 aliphatic heterocycles. The maximum absolute atomic E-state index is 12.1. The number of amides is 1. The molecule has 1 fully saturated rings. The minimum absolute atomic E-state index is 0.0623. The molecule has 1 unspecified atom stereocenters. The third-order valence-electron chi connectivity index (χ3n) is 2.99. The molecular formula is C11H17N5O4. The van der Waals surface area contributed by atoms with Gasteiger partial charge in [0.25, 0.3) is 0 Å². The number of carbonyl (C=O) groups excluding carboxylic acids is 1. The molecule has 1 atom stereocenters. The van der Waals surface area contributed by atoms with Crippen molar-refractivity contribution in [2.45, 2.75) is 25.6 Å². The monoisotopic (exact) mass is 283 g/mol. The van der Waals surface area contributed by atoms with E-state index in [1.54, 1.807) is 11.1 Å². The zero-order chi connectivity index (χ0) is 14.5. The number of carboxylic acids is 1. The van der Waals surface area contributed by atoms with Crippen molar-refractivity contribution < 1.29 is 19.4 Å². The Morgan fingerprint density at radius 3 is 3.00 bits per heavy atom. The first-order valence-corrected chi connectivity index (χ1v) is 6.28. The number of ether oxygens (including phenoxy) is 1. The third-order valence-corrected chi connectivity index (χ3v) is 2.99. The number of carbonyl (C=O) groups is 2. The Morgan fingerprint density at radius 1 is 1.55 bits per heavy atom. The van der Waals surface area contributed by atoms with Gasteiger partial charge in [0.2, 0.25) is 5.91 Å². The summed E-state index contributed by atoms with van der Waals surface area (Å²) in [6.07, 6.45) is 1.05. The number of morpholine rings is 1. The highest BCUT2D eigenvalue weighted by molar-refractivity contribution is 5.76. The first-order chi connectivity index (χ1) is 9.58. The average Bonchev–Trinajstić information content (AvgIpc) is 2.86. The molecule has 0 aromatic carbocycles. The number of carboxylic acid groups (broad SMARTS) is 1. The molecule has 9 heteroatoms. The van der Waals surface area contributed by atoms with Crippen molar-refractivity contribution in [1.29, 1.82) is 0 Å². The summed E-state index contributed by atoms with van der Waals surface area (Å²) in [7, 11) is 0. The largest absolute Gasteiger partial charge is 0.481 e. The highest BCUT2D eigenvalue weighted by Gasteiger charge is 2.26. The molecule has 0 bridgehead atoms. The molecule has 0 saturated carbocycles. The van der Waals surface area contributed by atoms with Crippen LogP contribution < -0.4 is 5.73 Å². The third kappa shape index (κ3) is 3.75. The average molecular weight is 283 g/mol. The van der Waals surface area contributed by atoms with Crippen molar-refractivity contribution in [2.75, 3.05) is 19.7 Å². The number of aromatic nitrogens is 3. The van der Waals surface area contributed by atoms with E-state index in [9.17, 15) is 9.59 Å². The lowest BCUT2D eigenvalue weighted by atomic mass is 10.2. The van der Waals surface area contributed by atoms with Gasteiger partial charge in [0.05, 0.1) is 31.0 Å². The Morgan fingerprint density at radius 2 is 2.35 bits per heavy atom. The van der Waals surface area contributed by atoms with Gasteiger partial charge < -0.3 is 20.5 Å². The van der Waals surface area contributed by atoms with E-state index in [-0.39, 0.29) is 32.0 Å². The highest BCUT2D eigenvalue weighted by Crippen LogP contribution is 2.09. The van der Waals surface area contributed by atoms with Crippen molar-refractivity contribution in [1.82, 2.24) is 19.9 Å². The van der Waals surface area contributed by atoms with Gasteiger partial charge in [0.1, 0.15) is 6.54 Å². The van der Waals surface area contributed by atoms with Crippen molar-refractivity contribution in [3.8, 4) is 0 Å². The number of aliphatic carboxylic acids is 1. The molecule has 1 amide bonds. The van der Waals surface area contributed by atoms with Crippen LogP contribution in [0.15, 0.2) is 6.20 Å². The first-order valence-electron chi connectivity index (χ1n) is 6.28. The topological polar surface area (TPSA) is 124 Å². The Hall–Kier alpha value is -2.00. The van der Waals surface area contributed by atoms with E-state index in [1.807, 2.05) is 0 Å². The van der Waals surface area contributed by atoms with Gasteiger partial charge in [0.15, 0.2) is 0 Å². The fourth-order valence-corrected chi connectivity index (χ4v) is 2.01. The SMILES string of the molecule is NCc1cn(CC(=O)N2CCOC(CC(=O)O)C2)nn1. The van der Waals surface area contributed by atoms with E-state index in [4.69, 9.17) is 15.6 Å². The minimum Gasteiger partial charge on any atom is -0.481 e. The van der Waals surface area contributed by atoms with Crippen molar-refractivity contribution in [2.24, 2.45) is 5.73 Å². The van der Waals surface area contributed by atoms with Gasteiger partial charge in [-0.25, -0.2) is 4.68 Å². The van der Waals surface area contributed by atoms with Crippen LogP contribution in [0.5, 0.6) is 0 Å². The normalized spacial score (nSPS) is 19.1. The fourth-order valence-electron chi connectivity index (χ4n) is 2.01. The lowest BCUT2D eigenvalue weighted by Gasteiger charge is -2.32. The molecule has 2 rings (SSSR count). The van der Waals surface area contributed by atoms with Crippen LogP contribution in [0.25, 0.3) is 0 Å². The van der Waals surface area contributed by atoms with Crippen LogP contribution >= 0.6 is 0 Å². The maximum Gasteiger partial charge on any atom is 0.306 e. The van der Waals surface area contributed by atoms with Gasteiger partial charge in [-0.1, -0.05) is 5.21 Å². The minimum atomic E-state index is -0.937. The molecule has 9 nitrogen and oxygen atoms in total. The van der Waals surface area contributed by atoms with Crippen LogP contribution in [0.1, 0.15) is 12.1 Å². The zero-order valence-electron chi connectivity index (χ0n) is 10.9. The van der Waals surface area contributed by atoms with Crippen molar-refractivity contribution >= 4 is 11.9 Å². The van der Waals surface area contributed by atoms with Gasteiger partial charge in [-0.05, 0) is 0 Å². The van der Waals surface area contributed by atoms with Gasteiger partial charge in [0, 0.05) is 19.6 Å². The van der Waals surface area contributed by atoms with E-state index < -0.39 is 12.1 Å². The summed E-state index contributed by atoms with van der Waals surface area (Å²) in [5.74, 6) is -1.08. The van der Waals surface area contributed by atoms with Crippen LogP contribution in [-0.4, -0.2) is 62.7 Å². The number of rotatable bonds is 5. The maximum atomic E-state index is 12.1. The van der Waals surface area contributed by atoms with Crippen molar-refractivity contribution in [3.05, 3.63) is 11.9 Å². The predicted octanol–water partition coefficient (Wildman–Crippen LogP) is -1.56. The van der Waals surface area contributed by atoms with E-state index in [0.717, 1.165) is 0 Å². The highest BCUT2D eigenvalue weighted by atomic mass is 16.5. The Labute approximate surface area is 115 Å². The predicted molar refractivity (Wildman–Crippen MR) is 66.5 cm³/mol. The second-order valence-electron chi connectivity index (χ2n) is 4.54. The summed E-state index contributed by atoms with van der Waals surface area (Å²) in [6, 6.07) is 0. The van der Waals surface area contributed by atoms with Crippen molar-refractivity contribution in [3.63, 3.8) is 0 Å². The fraction of sp³-hybridized carbons (Fsp3) is 0.636. The molecule has 0 spiro atoms. The van der Waals surface area contributed by atoms with E-state index >= 15 is 0 Å². The van der Waals surface area contributed by atoms with Crippen LogP contribution in [0.3, 0.4) is 0 Å². The summed E-state index contributed by atoms with van der Waals surface area (Å²) in [4.78, 5) is 24.3. The van der Waals surface area contributed by atoms with Gasteiger partial charge >= 0.3 is 5.97 Å². The summed E-state index contributed by atoms with van der Waals surface area (Å²) < 4.78 is 6.74. The van der Waals surface area contributed by atoms with Gasteiger partial charge in [-0.15, -0.1) is 5.10 Å².